The molecule has 1 unspecified atom stereocenters. The summed E-state index contributed by atoms with van der Waals surface area (Å²) in [5, 5.41) is 0.257. The van der Waals surface area contributed by atoms with Crippen LogP contribution in [-0.2, 0) is 9.53 Å². The second-order valence-corrected chi connectivity index (χ2v) is 7.60. The summed E-state index contributed by atoms with van der Waals surface area (Å²) < 4.78 is 10.6. The fraction of sp³-hybridized carbons (Fsp3) is 0.619. The average Bonchev–Trinajstić information content (AvgIpc) is 2.75. The van der Waals surface area contributed by atoms with E-state index in [0.717, 1.165) is 25.7 Å². The summed E-state index contributed by atoms with van der Waals surface area (Å²) in [4.78, 5) is 45.0. The molecular weight excluding hydrogens is 406 g/mol. The normalized spacial score (nSPS) is 11.5. The number of rotatable bonds is 11. The molecule has 0 aliphatic carbocycles. The van der Waals surface area contributed by atoms with E-state index in [2.05, 4.69) is 28.8 Å². The third kappa shape index (κ3) is 7.51. The summed E-state index contributed by atoms with van der Waals surface area (Å²) in [7, 11) is 1.46. The lowest BCUT2D eigenvalue weighted by Gasteiger charge is -2.14. The number of esters is 1. The van der Waals surface area contributed by atoms with Crippen LogP contribution < -0.4 is 16.0 Å². The van der Waals surface area contributed by atoms with Gasteiger partial charge < -0.3 is 14.5 Å². The van der Waals surface area contributed by atoms with Crippen molar-refractivity contribution < 1.29 is 14.3 Å². The predicted octanol–water partition coefficient (Wildman–Crippen LogP) is 3.89. The van der Waals surface area contributed by atoms with E-state index in [-0.39, 0.29) is 23.7 Å². The van der Waals surface area contributed by atoms with Crippen LogP contribution in [0.3, 0.4) is 0 Å². The maximum Gasteiger partial charge on any atom is 0.326 e. The van der Waals surface area contributed by atoms with E-state index < -0.39 is 11.2 Å². The van der Waals surface area contributed by atoms with Crippen molar-refractivity contribution in [3.05, 3.63) is 27.0 Å². The molecule has 0 fully saturated rings. The van der Waals surface area contributed by atoms with Gasteiger partial charge in [-0.15, -0.1) is 11.8 Å². The van der Waals surface area contributed by atoms with Crippen LogP contribution >= 0.6 is 11.8 Å². The van der Waals surface area contributed by atoms with Crippen LogP contribution in [0, 0.1) is 5.92 Å². The number of aromatic nitrogens is 3. The fourth-order valence-electron chi connectivity index (χ4n) is 2.78. The Labute approximate surface area is 181 Å². The zero-order chi connectivity index (χ0) is 22.5. The molecule has 1 atom stereocenters. The lowest BCUT2D eigenvalue weighted by molar-refractivity contribution is -0.144. The average molecular weight is 440 g/mol. The molecule has 9 heteroatoms. The molecular formula is C21H33N3O5S. The van der Waals surface area contributed by atoms with E-state index in [1.54, 1.807) is 0 Å². The Balaban J connectivity index is 0.00000218. The summed E-state index contributed by atoms with van der Waals surface area (Å²) >= 11 is 1.29. The number of ether oxygens (including phenoxy) is 2. The first-order valence-corrected chi connectivity index (χ1v) is 11.5. The Bertz CT molecular complexity index is 910. The zero-order valence-corrected chi connectivity index (χ0v) is 19.3. The molecule has 0 aliphatic heterocycles. The number of thioether (sulfide) groups is 1. The van der Waals surface area contributed by atoms with Crippen molar-refractivity contribution in [2.75, 3.05) is 19.5 Å². The number of fused-ring (bicyclic) bond motifs is 1. The highest BCUT2D eigenvalue weighted by Crippen LogP contribution is 2.32. The number of nitrogens with zero attached hydrogens (tertiary/aromatic N) is 1. The number of hydrogen-bond donors (Lipinski definition) is 2. The summed E-state index contributed by atoms with van der Waals surface area (Å²) in [6, 6.07) is 0. The quantitative estimate of drug-likeness (QED) is 0.403. The van der Waals surface area contributed by atoms with Gasteiger partial charge >= 0.3 is 11.7 Å². The molecule has 0 saturated carbocycles. The Morgan fingerprint density at radius 1 is 1.23 bits per heavy atom. The van der Waals surface area contributed by atoms with Gasteiger partial charge in [-0.25, -0.2) is 9.78 Å². The van der Waals surface area contributed by atoms with Crippen LogP contribution in [0.15, 0.2) is 20.7 Å². The molecule has 0 aliphatic rings. The van der Waals surface area contributed by atoms with Gasteiger partial charge in [0.2, 0.25) is 5.88 Å². The molecule has 2 aromatic rings. The van der Waals surface area contributed by atoms with E-state index in [1.165, 1.54) is 25.1 Å². The van der Waals surface area contributed by atoms with Crippen molar-refractivity contribution in [3.8, 4) is 5.88 Å². The first-order valence-electron chi connectivity index (χ1n) is 10.5. The SMILES string of the molecule is CC.CCCCC(CC)COC(=O)CCSc1c(OC)ncc2c(=O)[nH]c(=O)[nH]c12. The number of methoxy groups -OCH3 is 1. The molecule has 0 spiro atoms. The predicted molar refractivity (Wildman–Crippen MR) is 120 cm³/mol. The molecule has 30 heavy (non-hydrogen) atoms. The zero-order valence-electron chi connectivity index (χ0n) is 18.5. The summed E-state index contributed by atoms with van der Waals surface area (Å²) in [5.41, 5.74) is -0.776. The molecule has 8 nitrogen and oxygen atoms in total. The standard InChI is InChI=1S/C19H27N3O5S.C2H6/c1-4-6-7-12(5-2)11-27-14(23)8-9-28-16-15-13(10-20-18(16)26-3)17(24)22-19(25)21-15;1-2/h10,12H,4-9,11H2,1-3H3,(H2,21,22,24,25);1-2H3. The van der Waals surface area contributed by atoms with Gasteiger partial charge in [-0.2, -0.15) is 0 Å². The number of H-pyrrole nitrogens is 2. The van der Waals surface area contributed by atoms with E-state index in [0.29, 0.717) is 28.7 Å². The molecule has 0 radical (unpaired) electrons. The molecule has 2 heterocycles. The number of nitrogens with one attached hydrogen (secondary N) is 2. The van der Waals surface area contributed by atoms with E-state index in [4.69, 9.17) is 9.47 Å². The van der Waals surface area contributed by atoms with E-state index in [1.807, 2.05) is 13.8 Å². The molecule has 2 aromatic heterocycles. The second kappa shape index (κ2) is 13.8. The fourth-order valence-corrected chi connectivity index (χ4v) is 3.82. The molecule has 168 valence electrons. The lowest BCUT2D eigenvalue weighted by atomic mass is 10.0. The van der Waals surface area contributed by atoms with Crippen molar-refractivity contribution >= 4 is 28.6 Å². The first kappa shape index (κ1) is 25.7. The Hall–Kier alpha value is -2.29. The number of unbranched alkanes of at least 4 members (excludes halogenated alkanes) is 1. The van der Waals surface area contributed by atoms with Gasteiger partial charge in [-0.1, -0.05) is 47.0 Å². The number of aromatic amines is 2. The van der Waals surface area contributed by atoms with Crippen molar-refractivity contribution in [2.24, 2.45) is 5.92 Å². The number of carbonyl (C=O) groups is 1. The van der Waals surface area contributed by atoms with Crippen LogP contribution in [0.1, 0.15) is 59.8 Å². The monoisotopic (exact) mass is 439 g/mol. The van der Waals surface area contributed by atoms with Crippen molar-refractivity contribution in [2.45, 2.75) is 64.7 Å². The smallest absolute Gasteiger partial charge is 0.326 e. The second-order valence-electron chi connectivity index (χ2n) is 6.49. The van der Waals surface area contributed by atoms with Gasteiger partial charge in [-0.05, 0) is 12.3 Å². The topological polar surface area (TPSA) is 114 Å². The Morgan fingerprint density at radius 3 is 2.60 bits per heavy atom. The molecule has 0 amide bonds. The number of pyridine rings is 1. The molecule has 2 N–H and O–H groups in total. The van der Waals surface area contributed by atoms with Gasteiger partial charge in [0.25, 0.3) is 5.56 Å². The third-order valence-electron chi connectivity index (χ3n) is 4.48. The molecule has 0 bridgehead atoms. The van der Waals surface area contributed by atoms with E-state index in [9.17, 15) is 14.4 Å². The largest absolute Gasteiger partial charge is 0.480 e. The summed E-state index contributed by atoms with van der Waals surface area (Å²) in [5.74, 6) is 0.839. The molecule has 0 saturated heterocycles. The van der Waals surface area contributed by atoms with Crippen molar-refractivity contribution in [3.63, 3.8) is 0 Å². The van der Waals surface area contributed by atoms with Crippen LogP contribution in [-0.4, -0.2) is 40.4 Å². The van der Waals surface area contributed by atoms with E-state index >= 15 is 0 Å². The minimum absolute atomic E-state index is 0.210. The van der Waals surface area contributed by atoms with Crippen LogP contribution in [0.2, 0.25) is 0 Å². The minimum Gasteiger partial charge on any atom is -0.480 e. The van der Waals surface area contributed by atoms with Gasteiger partial charge in [0.1, 0.15) is 0 Å². The highest BCUT2D eigenvalue weighted by atomic mass is 32.2. The third-order valence-corrected chi connectivity index (χ3v) is 5.56. The summed E-state index contributed by atoms with van der Waals surface area (Å²) in [6.45, 7) is 8.70. The number of carbonyl (C=O) groups excluding carboxylic acids is 1. The first-order chi connectivity index (χ1) is 14.5. The van der Waals surface area contributed by atoms with Gasteiger partial charge in [0.15, 0.2) is 0 Å². The highest BCUT2D eigenvalue weighted by Gasteiger charge is 2.15. The molecule has 2 rings (SSSR count). The van der Waals surface area contributed by atoms with Gasteiger partial charge in [0.05, 0.1) is 35.9 Å². The minimum atomic E-state index is -0.607. The van der Waals surface area contributed by atoms with Gasteiger partial charge in [-0.3, -0.25) is 14.6 Å². The maximum atomic E-state index is 12.1. The Kier molecular flexibility index (Phi) is 11.9. The maximum absolute atomic E-state index is 12.1. The summed E-state index contributed by atoms with van der Waals surface area (Å²) in [6.07, 6.45) is 5.88. The van der Waals surface area contributed by atoms with Gasteiger partial charge in [0, 0.05) is 11.9 Å². The lowest BCUT2D eigenvalue weighted by Crippen LogP contribution is -2.22. The molecule has 0 aromatic carbocycles. The van der Waals surface area contributed by atoms with Crippen LogP contribution in [0.4, 0.5) is 0 Å². The van der Waals surface area contributed by atoms with Crippen molar-refractivity contribution in [1.82, 2.24) is 15.0 Å². The highest BCUT2D eigenvalue weighted by molar-refractivity contribution is 7.99. The van der Waals surface area contributed by atoms with Crippen molar-refractivity contribution in [1.29, 1.82) is 0 Å². The Morgan fingerprint density at radius 2 is 1.97 bits per heavy atom. The van der Waals surface area contributed by atoms with Crippen LogP contribution in [0.5, 0.6) is 5.88 Å². The number of hydrogen-bond acceptors (Lipinski definition) is 7. The van der Waals surface area contributed by atoms with Crippen LogP contribution in [0.25, 0.3) is 10.9 Å².